The van der Waals surface area contributed by atoms with Crippen LogP contribution in [0.3, 0.4) is 0 Å². The molecule has 4 nitrogen and oxygen atoms in total. The van der Waals surface area contributed by atoms with Gasteiger partial charge in [0, 0.05) is 11.8 Å². The molecule has 1 heterocycles. The molecule has 21 heavy (non-hydrogen) atoms. The van der Waals surface area contributed by atoms with Gasteiger partial charge in [0.05, 0.1) is 0 Å². The molecule has 0 saturated heterocycles. The van der Waals surface area contributed by atoms with Gasteiger partial charge in [-0.3, -0.25) is 5.10 Å². The monoisotopic (exact) mass is 298 g/mol. The van der Waals surface area contributed by atoms with Crippen LogP contribution in [0.4, 0.5) is 0 Å². The lowest BCUT2D eigenvalue weighted by molar-refractivity contribution is 0.662. The summed E-state index contributed by atoms with van der Waals surface area (Å²) in [5.41, 5.74) is 1.29. The lowest BCUT2D eigenvalue weighted by Crippen LogP contribution is -2.18. The molecule has 5 heteroatoms. The van der Waals surface area contributed by atoms with Gasteiger partial charge in [-0.25, -0.2) is 4.98 Å². The van der Waals surface area contributed by atoms with Crippen LogP contribution in [0.2, 0.25) is 0 Å². The molecule has 0 aliphatic heterocycles. The summed E-state index contributed by atoms with van der Waals surface area (Å²) in [5, 5.41) is 13.8. The van der Waals surface area contributed by atoms with Crippen LogP contribution < -0.4 is 5.32 Å². The first-order chi connectivity index (χ1) is 10.3. The highest BCUT2D eigenvalue weighted by Gasteiger charge is 2.12. The topological polar surface area (TPSA) is 53.6 Å². The van der Waals surface area contributed by atoms with Gasteiger partial charge < -0.3 is 5.32 Å². The Morgan fingerprint density at radius 3 is 2.71 bits per heavy atom. The molecule has 1 atom stereocenters. The van der Waals surface area contributed by atoms with E-state index in [-0.39, 0.29) is 6.04 Å². The number of nitrogens with zero attached hydrogens (tertiary/aromatic N) is 2. The highest BCUT2D eigenvalue weighted by molar-refractivity contribution is 7.99. The average Bonchev–Trinajstić information content (AvgIpc) is 2.93. The standard InChI is InChI=1S/C16H18N4S/c1-11-18-16(20-19-11)21-10-15(17-2)14-8-7-12-5-3-4-6-13(12)9-14/h3-9,15,17H,10H2,1-2H3,(H,18,19,20). The molecule has 1 aromatic heterocycles. The summed E-state index contributed by atoms with van der Waals surface area (Å²) in [6.45, 7) is 1.91. The summed E-state index contributed by atoms with van der Waals surface area (Å²) in [4.78, 5) is 4.33. The predicted molar refractivity (Wildman–Crippen MR) is 87.6 cm³/mol. The summed E-state index contributed by atoms with van der Waals surface area (Å²) < 4.78 is 0. The number of hydrogen-bond donors (Lipinski definition) is 2. The second kappa shape index (κ2) is 6.28. The number of fused-ring (bicyclic) bond motifs is 1. The van der Waals surface area contributed by atoms with Crippen LogP contribution in [0.5, 0.6) is 0 Å². The van der Waals surface area contributed by atoms with Crippen molar-refractivity contribution in [1.29, 1.82) is 0 Å². The van der Waals surface area contributed by atoms with E-state index in [1.54, 1.807) is 11.8 Å². The SMILES string of the molecule is CNC(CSc1n[nH]c(C)n1)c1ccc2ccccc2c1. The Morgan fingerprint density at radius 1 is 1.19 bits per heavy atom. The minimum atomic E-state index is 0.276. The van der Waals surface area contributed by atoms with Gasteiger partial charge in [0.2, 0.25) is 5.16 Å². The average molecular weight is 298 g/mol. The first kappa shape index (κ1) is 14.1. The van der Waals surface area contributed by atoms with Crippen LogP contribution in [-0.4, -0.2) is 28.0 Å². The molecule has 3 aromatic rings. The van der Waals surface area contributed by atoms with Crippen molar-refractivity contribution in [3.8, 4) is 0 Å². The molecular weight excluding hydrogens is 280 g/mol. The molecule has 2 N–H and O–H groups in total. The van der Waals surface area contributed by atoms with Crippen LogP contribution in [-0.2, 0) is 0 Å². The Balaban J connectivity index is 1.77. The fourth-order valence-electron chi connectivity index (χ4n) is 2.32. The number of thioether (sulfide) groups is 1. The van der Waals surface area contributed by atoms with Crippen molar-refractivity contribution in [2.45, 2.75) is 18.1 Å². The van der Waals surface area contributed by atoms with E-state index in [1.165, 1.54) is 16.3 Å². The van der Waals surface area contributed by atoms with E-state index in [4.69, 9.17) is 0 Å². The molecule has 2 aromatic carbocycles. The fourth-order valence-corrected chi connectivity index (χ4v) is 3.30. The molecule has 0 amide bonds. The number of H-pyrrole nitrogens is 1. The zero-order chi connectivity index (χ0) is 14.7. The molecule has 0 radical (unpaired) electrons. The van der Waals surface area contributed by atoms with Crippen molar-refractivity contribution < 1.29 is 0 Å². The number of aromatic nitrogens is 3. The second-order valence-corrected chi connectivity index (χ2v) is 5.95. The fraction of sp³-hybridized carbons (Fsp3) is 0.250. The Bertz CT molecular complexity index is 738. The molecule has 3 rings (SSSR count). The van der Waals surface area contributed by atoms with Crippen molar-refractivity contribution >= 4 is 22.5 Å². The van der Waals surface area contributed by atoms with Gasteiger partial charge in [-0.15, -0.1) is 5.10 Å². The molecular formula is C16H18N4S. The maximum atomic E-state index is 4.33. The van der Waals surface area contributed by atoms with E-state index >= 15 is 0 Å². The number of aromatic amines is 1. The summed E-state index contributed by atoms with van der Waals surface area (Å²) in [5.74, 6) is 1.75. The first-order valence-corrected chi connectivity index (χ1v) is 7.92. The Kier molecular flexibility index (Phi) is 4.22. The molecule has 0 aliphatic carbocycles. The van der Waals surface area contributed by atoms with Gasteiger partial charge in [0.15, 0.2) is 0 Å². The van der Waals surface area contributed by atoms with Crippen molar-refractivity contribution in [2.75, 3.05) is 12.8 Å². The zero-order valence-electron chi connectivity index (χ0n) is 12.1. The third kappa shape index (κ3) is 3.25. The smallest absolute Gasteiger partial charge is 0.208 e. The van der Waals surface area contributed by atoms with E-state index in [9.17, 15) is 0 Å². The highest BCUT2D eigenvalue weighted by atomic mass is 32.2. The lowest BCUT2D eigenvalue weighted by Gasteiger charge is -2.16. The van der Waals surface area contributed by atoms with Crippen LogP contribution >= 0.6 is 11.8 Å². The second-order valence-electron chi connectivity index (χ2n) is 4.96. The summed E-state index contributed by atoms with van der Waals surface area (Å²) >= 11 is 1.66. The van der Waals surface area contributed by atoms with Gasteiger partial charge in [-0.2, -0.15) is 0 Å². The van der Waals surface area contributed by atoms with Crippen LogP contribution in [0.1, 0.15) is 17.4 Å². The minimum absolute atomic E-state index is 0.276. The molecule has 1 unspecified atom stereocenters. The van der Waals surface area contributed by atoms with Crippen molar-refractivity contribution in [2.24, 2.45) is 0 Å². The van der Waals surface area contributed by atoms with E-state index in [0.29, 0.717) is 0 Å². The number of hydrogen-bond acceptors (Lipinski definition) is 4. The van der Waals surface area contributed by atoms with Crippen LogP contribution in [0.25, 0.3) is 10.8 Å². The Labute approximate surface area is 128 Å². The maximum absolute atomic E-state index is 4.33. The van der Waals surface area contributed by atoms with E-state index in [1.807, 2.05) is 14.0 Å². The third-order valence-corrected chi connectivity index (χ3v) is 4.42. The van der Waals surface area contributed by atoms with Gasteiger partial charge in [-0.05, 0) is 36.4 Å². The van der Waals surface area contributed by atoms with Gasteiger partial charge in [0.25, 0.3) is 0 Å². The van der Waals surface area contributed by atoms with Gasteiger partial charge in [-0.1, -0.05) is 48.2 Å². The van der Waals surface area contributed by atoms with E-state index in [2.05, 4.69) is 63.0 Å². The predicted octanol–water partition coefficient (Wildman–Crippen LogP) is 3.32. The summed E-state index contributed by atoms with van der Waals surface area (Å²) in [7, 11) is 1.99. The summed E-state index contributed by atoms with van der Waals surface area (Å²) in [6.07, 6.45) is 0. The zero-order valence-corrected chi connectivity index (χ0v) is 12.9. The number of benzene rings is 2. The lowest BCUT2D eigenvalue weighted by atomic mass is 10.0. The maximum Gasteiger partial charge on any atom is 0.208 e. The molecule has 0 fully saturated rings. The number of nitrogens with one attached hydrogen (secondary N) is 2. The number of aryl methyl sites for hydroxylation is 1. The van der Waals surface area contributed by atoms with Crippen molar-refractivity contribution in [3.63, 3.8) is 0 Å². The molecule has 108 valence electrons. The van der Waals surface area contributed by atoms with Crippen molar-refractivity contribution in [1.82, 2.24) is 20.5 Å². The number of rotatable bonds is 5. The Morgan fingerprint density at radius 2 is 2.00 bits per heavy atom. The molecule has 0 spiro atoms. The molecule has 0 saturated carbocycles. The molecule has 0 bridgehead atoms. The van der Waals surface area contributed by atoms with E-state index in [0.717, 1.165) is 16.7 Å². The van der Waals surface area contributed by atoms with Crippen LogP contribution in [0, 0.1) is 6.92 Å². The van der Waals surface area contributed by atoms with E-state index < -0.39 is 0 Å². The highest BCUT2D eigenvalue weighted by Crippen LogP contribution is 2.25. The summed E-state index contributed by atoms with van der Waals surface area (Å²) in [6, 6.07) is 15.3. The van der Waals surface area contributed by atoms with Gasteiger partial charge >= 0.3 is 0 Å². The van der Waals surface area contributed by atoms with Crippen molar-refractivity contribution in [3.05, 3.63) is 53.9 Å². The normalized spacial score (nSPS) is 12.7. The minimum Gasteiger partial charge on any atom is -0.312 e. The Hall–Kier alpha value is -1.85. The van der Waals surface area contributed by atoms with Gasteiger partial charge in [0.1, 0.15) is 5.82 Å². The molecule has 0 aliphatic rings. The first-order valence-electron chi connectivity index (χ1n) is 6.94. The van der Waals surface area contributed by atoms with Crippen LogP contribution in [0.15, 0.2) is 47.6 Å². The quantitative estimate of drug-likeness (QED) is 0.710. The third-order valence-electron chi connectivity index (χ3n) is 3.48. The largest absolute Gasteiger partial charge is 0.312 e.